The Hall–Kier alpha value is -0.870. The number of hydrogen-bond acceptors (Lipinski definition) is 4. The standard InChI is InChI=1S/C11H14O3S/c1-13-11(12)9(5-8-6-14-7-8)10-3-2-4-15-10/h2-4,8-9H,5-7H2,1H3. The Labute approximate surface area is 93.0 Å². The Balaban J connectivity index is 2.05. The van der Waals surface area contributed by atoms with E-state index >= 15 is 0 Å². The van der Waals surface area contributed by atoms with Gasteiger partial charge in [0.1, 0.15) is 0 Å². The van der Waals surface area contributed by atoms with Crippen molar-refractivity contribution in [1.29, 1.82) is 0 Å². The molecule has 2 heterocycles. The van der Waals surface area contributed by atoms with Gasteiger partial charge in [-0.2, -0.15) is 0 Å². The van der Waals surface area contributed by atoms with Gasteiger partial charge in [0.25, 0.3) is 0 Å². The summed E-state index contributed by atoms with van der Waals surface area (Å²) in [5.41, 5.74) is 0. The molecule has 0 bridgehead atoms. The van der Waals surface area contributed by atoms with Gasteiger partial charge in [-0.15, -0.1) is 11.3 Å². The van der Waals surface area contributed by atoms with Crippen LogP contribution in [0.1, 0.15) is 17.2 Å². The van der Waals surface area contributed by atoms with Crippen LogP contribution in [-0.2, 0) is 14.3 Å². The second kappa shape index (κ2) is 4.77. The van der Waals surface area contributed by atoms with Crippen LogP contribution in [-0.4, -0.2) is 26.3 Å². The van der Waals surface area contributed by atoms with Gasteiger partial charge >= 0.3 is 5.97 Å². The van der Waals surface area contributed by atoms with Gasteiger partial charge in [0.05, 0.1) is 26.2 Å². The van der Waals surface area contributed by atoms with Gasteiger partial charge < -0.3 is 9.47 Å². The van der Waals surface area contributed by atoms with Crippen molar-refractivity contribution in [2.24, 2.45) is 5.92 Å². The van der Waals surface area contributed by atoms with E-state index in [2.05, 4.69) is 0 Å². The molecule has 82 valence electrons. The largest absolute Gasteiger partial charge is 0.469 e. The van der Waals surface area contributed by atoms with Crippen LogP contribution in [0.4, 0.5) is 0 Å². The van der Waals surface area contributed by atoms with Crippen molar-refractivity contribution in [3.8, 4) is 0 Å². The molecule has 0 saturated carbocycles. The van der Waals surface area contributed by atoms with E-state index in [0.29, 0.717) is 5.92 Å². The Morgan fingerprint density at radius 2 is 2.53 bits per heavy atom. The molecule has 0 aliphatic carbocycles. The lowest BCUT2D eigenvalue weighted by Crippen LogP contribution is -2.31. The monoisotopic (exact) mass is 226 g/mol. The van der Waals surface area contributed by atoms with E-state index in [0.717, 1.165) is 24.5 Å². The Morgan fingerprint density at radius 3 is 3.00 bits per heavy atom. The average Bonchev–Trinajstić information content (AvgIpc) is 2.68. The zero-order valence-electron chi connectivity index (χ0n) is 8.64. The van der Waals surface area contributed by atoms with Crippen molar-refractivity contribution in [3.05, 3.63) is 22.4 Å². The molecule has 2 rings (SSSR count). The molecule has 0 aromatic carbocycles. The highest BCUT2D eigenvalue weighted by molar-refractivity contribution is 7.10. The number of carbonyl (C=O) groups is 1. The molecule has 1 aliphatic rings. The highest BCUT2D eigenvalue weighted by Gasteiger charge is 2.29. The summed E-state index contributed by atoms with van der Waals surface area (Å²) in [7, 11) is 1.44. The highest BCUT2D eigenvalue weighted by Crippen LogP contribution is 2.31. The number of methoxy groups -OCH3 is 1. The average molecular weight is 226 g/mol. The highest BCUT2D eigenvalue weighted by atomic mass is 32.1. The molecule has 4 heteroatoms. The molecule has 0 N–H and O–H groups in total. The summed E-state index contributed by atoms with van der Waals surface area (Å²) in [5, 5.41) is 1.99. The summed E-state index contributed by atoms with van der Waals surface area (Å²) in [6.45, 7) is 1.55. The van der Waals surface area contributed by atoms with Crippen molar-refractivity contribution in [2.75, 3.05) is 20.3 Å². The Morgan fingerprint density at radius 1 is 1.73 bits per heavy atom. The van der Waals surface area contributed by atoms with Gasteiger partial charge in [-0.3, -0.25) is 4.79 Å². The van der Waals surface area contributed by atoms with Crippen molar-refractivity contribution >= 4 is 17.3 Å². The minimum atomic E-state index is -0.135. The summed E-state index contributed by atoms with van der Waals surface area (Å²) in [5.74, 6) is 0.268. The molecule has 0 radical (unpaired) electrons. The maximum atomic E-state index is 11.6. The van der Waals surface area contributed by atoms with E-state index in [9.17, 15) is 4.79 Å². The van der Waals surface area contributed by atoms with Crippen LogP contribution in [0.15, 0.2) is 17.5 Å². The molecule has 15 heavy (non-hydrogen) atoms. The van der Waals surface area contributed by atoms with Crippen molar-refractivity contribution in [1.82, 2.24) is 0 Å². The second-order valence-electron chi connectivity index (χ2n) is 3.73. The van der Waals surface area contributed by atoms with E-state index in [1.165, 1.54) is 7.11 Å². The number of carbonyl (C=O) groups excluding carboxylic acids is 1. The molecule has 0 spiro atoms. The molecule has 3 nitrogen and oxygen atoms in total. The first kappa shape index (κ1) is 10.6. The van der Waals surface area contributed by atoms with E-state index in [4.69, 9.17) is 9.47 Å². The summed E-state index contributed by atoms with van der Waals surface area (Å²) in [4.78, 5) is 12.7. The molecule has 1 atom stereocenters. The lowest BCUT2D eigenvalue weighted by atomic mass is 9.92. The SMILES string of the molecule is COC(=O)C(CC1COC1)c1cccs1. The third kappa shape index (κ3) is 2.38. The normalized spacial score (nSPS) is 18.2. The Bertz CT molecular complexity index is 317. The van der Waals surface area contributed by atoms with Crippen LogP contribution in [0.2, 0.25) is 0 Å². The fourth-order valence-corrected chi connectivity index (χ4v) is 2.54. The second-order valence-corrected chi connectivity index (χ2v) is 4.71. The molecule has 1 aliphatic heterocycles. The summed E-state index contributed by atoms with van der Waals surface area (Å²) >= 11 is 1.61. The first-order valence-electron chi connectivity index (χ1n) is 5.00. The van der Waals surface area contributed by atoms with Gasteiger partial charge in [-0.1, -0.05) is 6.07 Å². The van der Waals surface area contributed by atoms with Crippen LogP contribution in [0.25, 0.3) is 0 Å². The predicted molar refractivity (Wildman–Crippen MR) is 58.0 cm³/mol. The van der Waals surface area contributed by atoms with Gasteiger partial charge in [0, 0.05) is 10.8 Å². The van der Waals surface area contributed by atoms with Crippen molar-refractivity contribution in [3.63, 3.8) is 0 Å². The van der Waals surface area contributed by atoms with Crippen molar-refractivity contribution < 1.29 is 14.3 Å². The van der Waals surface area contributed by atoms with Gasteiger partial charge in [-0.05, 0) is 17.9 Å². The fraction of sp³-hybridized carbons (Fsp3) is 0.545. The van der Waals surface area contributed by atoms with E-state index in [1.54, 1.807) is 11.3 Å². The minimum Gasteiger partial charge on any atom is -0.469 e. The van der Waals surface area contributed by atoms with Crippen LogP contribution < -0.4 is 0 Å². The molecular formula is C11H14O3S. The third-order valence-corrected chi connectivity index (χ3v) is 3.63. The lowest BCUT2D eigenvalue weighted by Gasteiger charge is -2.28. The zero-order valence-corrected chi connectivity index (χ0v) is 9.46. The molecular weight excluding hydrogens is 212 g/mol. The first-order chi connectivity index (χ1) is 7.31. The third-order valence-electron chi connectivity index (χ3n) is 2.65. The number of ether oxygens (including phenoxy) is 2. The predicted octanol–water partition coefficient (Wildman–Crippen LogP) is 2.04. The van der Waals surface area contributed by atoms with E-state index in [1.807, 2.05) is 17.5 Å². The molecule has 1 aromatic rings. The van der Waals surface area contributed by atoms with Crippen LogP contribution in [0.3, 0.4) is 0 Å². The quantitative estimate of drug-likeness (QED) is 0.737. The maximum absolute atomic E-state index is 11.6. The zero-order chi connectivity index (χ0) is 10.7. The first-order valence-corrected chi connectivity index (χ1v) is 5.88. The van der Waals surface area contributed by atoms with Crippen LogP contribution in [0.5, 0.6) is 0 Å². The topological polar surface area (TPSA) is 35.5 Å². The molecule has 1 fully saturated rings. The van der Waals surface area contributed by atoms with Crippen molar-refractivity contribution in [2.45, 2.75) is 12.3 Å². The minimum absolute atomic E-state index is 0.108. The van der Waals surface area contributed by atoms with Gasteiger partial charge in [-0.25, -0.2) is 0 Å². The molecule has 1 unspecified atom stereocenters. The lowest BCUT2D eigenvalue weighted by molar-refractivity contribution is -0.144. The summed E-state index contributed by atoms with van der Waals surface area (Å²) in [6, 6.07) is 3.96. The van der Waals surface area contributed by atoms with E-state index in [-0.39, 0.29) is 11.9 Å². The molecule has 1 aromatic heterocycles. The maximum Gasteiger partial charge on any atom is 0.313 e. The number of esters is 1. The number of rotatable bonds is 4. The molecule has 1 saturated heterocycles. The summed E-state index contributed by atoms with van der Waals surface area (Å²) < 4.78 is 9.95. The Kier molecular flexibility index (Phi) is 3.38. The molecule has 0 amide bonds. The fourth-order valence-electron chi connectivity index (χ4n) is 1.71. The van der Waals surface area contributed by atoms with Gasteiger partial charge in [0.15, 0.2) is 0 Å². The van der Waals surface area contributed by atoms with Crippen LogP contribution >= 0.6 is 11.3 Å². The van der Waals surface area contributed by atoms with Crippen LogP contribution in [0, 0.1) is 5.92 Å². The van der Waals surface area contributed by atoms with E-state index < -0.39 is 0 Å². The number of hydrogen-bond donors (Lipinski definition) is 0. The van der Waals surface area contributed by atoms with Gasteiger partial charge in [0.2, 0.25) is 0 Å². The number of thiophene rings is 1. The smallest absolute Gasteiger partial charge is 0.313 e. The summed E-state index contributed by atoms with van der Waals surface area (Å²) in [6.07, 6.45) is 0.840.